The van der Waals surface area contributed by atoms with E-state index in [1.807, 2.05) is 84.9 Å². The SMILES string of the molecule is N#Cc1cccc(-c2ccc(-c3cccc4ccc(-c5ccc(-c6nc(-c7ccccc7)nc(-c7ccccc7)n6)cc5)cc34)cc2)c1. The van der Waals surface area contributed by atoms with Crippen molar-refractivity contribution in [3.63, 3.8) is 0 Å². The maximum Gasteiger partial charge on any atom is 0.164 e. The number of benzene rings is 7. The summed E-state index contributed by atoms with van der Waals surface area (Å²) in [6, 6.07) is 60.1. The first-order valence-electron chi connectivity index (χ1n) is 15.8. The molecule has 1 heterocycles. The quantitative estimate of drug-likeness (QED) is 0.187. The molecule has 8 aromatic rings. The summed E-state index contributed by atoms with van der Waals surface area (Å²) >= 11 is 0. The third-order valence-electron chi connectivity index (χ3n) is 8.58. The number of hydrogen-bond acceptors (Lipinski definition) is 4. The summed E-state index contributed by atoms with van der Waals surface area (Å²) in [5.41, 5.74) is 10.2. The standard InChI is InChI=1S/C44H28N4/c45-29-30-9-7-15-38(27-30)31-17-21-34(22-18-31)40-16-8-14-33-23-26-39(28-41(33)40)32-19-24-37(25-20-32)44-47-42(35-10-3-1-4-11-35)46-43(48-44)36-12-5-2-6-13-36/h1-28H. The maximum atomic E-state index is 9.31. The van der Waals surface area contributed by atoms with Gasteiger partial charge in [-0.2, -0.15) is 5.26 Å². The molecule has 4 heteroatoms. The van der Waals surface area contributed by atoms with Crippen molar-refractivity contribution in [1.82, 2.24) is 15.0 Å². The van der Waals surface area contributed by atoms with Crippen molar-refractivity contribution < 1.29 is 0 Å². The summed E-state index contributed by atoms with van der Waals surface area (Å²) in [6.45, 7) is 0. The van der Waals surface area contributed by atoms with Crippen LogP contribution in [0.3, 0.4) is 0 Å². The molecule has 224 valence electrons. The van der Waals surface area contributed by atoms with E-state index in [0.29, 0.717) is 23.0 Å². The highest BCUT2D eigenvalue weighted by molar-refractivity contribution is 5.99. The molecule has 0 bridgehead atoms. The third-order valence-corrected chi connectivity index (χ3v) is 8.58. The zero-order valence-electron chi connectivity index (χ0n) is 26.0. The Morgan fingerprint density at radius 1 is 0.354 bits per heavy atom. The summed E-state index contributed by atoms with van der Waals surface area (Å²) < 4.78 is 0. The lowest BCUT2D eigenvalue weighted by Gasteiger charge is -2.11. The van der Waals surface area contributed by atoms with Gasteiger partial charge in [0, 0.05) is 16.7 Å². The van der Waals surface area contributed by atoms with Crippen molar-refractivity contribution in [2.24, 2.45) is 0 Å². The van der Waals surface area contributed by atoms with Crippen molar-refractivity contribution in [2.45, 2.75) is 0 Å². The summed E-state index contributed by atoms with van der Waals surface area (Å²) in [5.74, 6) is 1.93. The van der Waals surface area contributed by atoms with E-state index < -0.39 is 0 Å². The average Bonchev–Trinajstić information content (AvgIpc) is 3.18. The molecule has 48 heavy (non-hydrogen) atoms. The topological polar surface area (TPSA) is 62.5 Å². The van der Waals surface area contributed by atoms with E-state index in [9.17, 15) is 5.26 Å². The van der Waals surface area contributed by atoms with Gasteiger partial charge >= 0.3 is 0 Å². The second kappa shape index (κ2) is 12.6. The Kier molecular flexibility index (Phi) is 7.54. The molecular formula is C44H28N4. The van der Waals surface area contributed by atoms with Gasteiger partial charge < -0.3 is 0 Å². The van der Waals surface area contributed by atoms with Crippen LogP contribution < -0.4 is 0 Å². The molecule has 8 rings (SSSR count). The molecule has 0 unspecified atom stereocenters. The van der Waals surface area contributed by atoms with Crippen molar-refractivity contribution >= 4 is 10.8 Å². The molecule has 0 aliphatic rings. The summed E-state index contributed by atoms with van der Waals surface area (Å²) in [6.07, 6.45) is 0. The molecule has 1 aromatic heterocycles. The van der Waals surface area contributed by atoms with Gasteiger partial charge in [0.15, 0.2) is 17.5 Å². The maximum absolute atomic E-state index is 9.31. The number of aromatic nitrogens is 3. The van der Waals surface area contributed by atoms with Gasteiger partial charge in [0.25, 0.3) is 0 Å². The highest BCUT2D eigenvalue weighted by Crippen LogP contribution is 2.34. The molecule has 0 radical (unpaired) electrons. The van der Waals surface area contributed by atoms with Crippen molar-refractivity contribution in [1.29, 1.82) is 5.26 Å². The lowest BCUT2D eigenvalue weighted by Crippen LogP contribution is -2.00. The normalized spacial score (nSPS) is 10.9. The zero-order valence-corrected chi connectivity index (χ0v) is 26.0. The van der Waals surface area contributed by atoms with Gasteiger partial charge in [0.2, 0.25) is 0 Å². The number of rotatable bonds is 6. The summed E-state index contributed by atoms with van der Waals surface area (Å²) in [7, 11) is 0. The molecule has 0 spiro atoms. The van der Waals surface area contributed by atoms with Gasteiger partial charge in [-0.15, -0.1) is 0 Å². The molecule has 0 fully saturated rings. The first-order valence-corrected chi connectivity index (χ1v) is 15.8. The molecular weight excluding hydrogens is 585 g/mol. The molecule has 4 nitrogen and oxygen atoms in total. The third kappa shape index (κ3) is 5.73. The number of nitrogens with zero attached hydrogens (tertiary/aromatic N) is 4. The minimum absolute atomic E-state index is 0.637. The lowest BCUT2D eigenvalue weighted by molar-refractivity contribution is 1.07. The predicted molar refractivity (Wildman–Crippen MR) is 195 cm³/mol. The van der Waals surface area contributed by atoms with Gasteiger partial charge in [0.1, 0.15) is 0 Å². The van der Waals surface area contributed by atoms with E-state index in [-0.39, 0.29) is 0 Å². The fourth-order valence-electron chi connectivity index (χ4n) is 6.06. The molecule has 0 saturated heterocycles. The van der Waals surface area contributed by atoms with Gasteiger partial charge in [-0.1, -0.05) is 152 Å². The second-order valence-corrected chi connectivity index (χ2v) is 11.6. The Morgan fingerprint density at radius 2 is 0.812 bits per heavy atom. The van der Waals surface area contributed by atoms with Gasteiger partial charge in [-0.25, -0.2) is 15.0 Å². The Labute approximate surface area is 279 Å². The van der Waals surface area contributed by atoms with E-state index in [1.165, 1.54) is 16.3 Å². The van der Waals surface area contributed by atoms with E-state index in [0.717, 1.165) is 44.5 Å². The smallest absolute Gasteiger partial charge is 0.164 e. The minimum Gasteiger partial charge on any atom is -0.208 e. The molecule has 0 N–H and O–H groups in total. The Hall–Kier alpha value is -6.70. The minimum atomic E-state index is 0.637. The van der Waals surface area contributed by atoms with Crippen LogP contribution in [0.4, 0.5) is 0 Å². The monoisotopic (exact) mass is 612 g/mol. The molecule has 0 aliphatic carbocycles. The summed E-state index contributed by atoms with van der Waals surface area (Å²) in [4.78, 5) is 14.6. The molecule has 0 atom stereocenters. The predicted octanol–water partition coefficient (Wildman–Crippen LogP) is 10.9. The molecule has 7 aromatic carbocycles. The Bertz CT molecular complexity index is 2370. The van der Waals surface area contributed by atoms with E-state index in [1.54, 1.807) is 0 Å². The van der Waals surface area contributed by atoms with Crippen LogP contribution in [0.2, 0.25) is 0 Å². The fraction of sp³-hybridized carbons (Fsp3) is 0. The second-order valence-electron chi connectivity index (χ2n) is 11.6. The largest absolute Gasteiger partial charge is 0.208 e. The molecule has 0 amide bonds. The van der Waals surface area contributed by atoms with Gasteiger partial charge in [-0.3, -0.25) is 0 Å². The van der Waals surface area contributed by atoms with Crippen LogP contribution in [0, 0.1) is 11.3 Å². The van der Waals surface area contributed by atoms with Crippen molar-refractivity contribution in [2.75, 3.05) is 0 Å². The fourth-order valence-corrected chi connectivity index (χ4v) is 6.06. The van der Waals surface area contributed by atoms with Crippen molar-refractivity contribution in [3.8, 4) is 73.6 Å². The zero-order chi connectivity index (χ0) is 32.3. The van der Waals surface area contributed by atoms with Crippen LogP contribution in [0.25, 0.3) is 78.3 Å². The van der Waals surface area contributed by atoms with E-state index in [4.69, 9.17) is 15.0 Å². The number of fused-ring (bicyclic) bond motifs is 1. The number of hydrogen-bond donors (Lipinski definition) is 0. The van der Waals surface area contributed by atoms with Gasteiger partial charge in [-0.05, 0) is 62.4 Å². The van der Waals surface area contributed by atoms with Crippen LogP contribution in [-0.2, 0) is 0 Å². The van der Waals surface area contributed by atoms with Crippen molar-refractivity contribution in [3.05, 3.63) is 175 Å². The Morgan fingerprint density at radius 3 is 1.40 bits per heavy atom. The highest BCUT2D eigenvalue weighted by atomic mass is 15.0. The first-order chi connectivity index (χ1) is 23.7. The lowest BCUT2D eigenvalue weighted by atomic mass is 9.93. The van der Waals surface area contributed by atoms with Crippen LogP contribution in [0.1, 0.15) is 5.56 Å². The van der Waals surface area contributed by atoms with E-state index >= 15 is 0 Å². The molecule has 0 aliphatic heterocycles. The molecule has 0 saturated carbocycles. The van der Waals surface area contributed by atoms with Crippen LogP contribution in [0.15, 0.2) is 170 Å². The van der Waals surface area contributed by atoms with Crippen LogP contribution >= 0.6 is 0 Å². The Balaban J connectivity index is 1.13. The average molecular weight is 613 g/mol. The van der Waals surface area contributed by atoms with E-state index in [2.05, 4.69) is 91.0 Å². The van der Waals surface area contributed by atoms with Crippen LogP contribution in [-0.4, -0.2) is 15.0 Å². The van der Waals surface area contributed by atoms with Crippen LogP contribution in [0.5, 0.6) is 0 Å². The highest BCUT2D eigenvalue weighted by Gasteiger charge is 2.13. The summed E-state index contributed by atoms with van der Waals surface area (Å²) in [5, 5.41) is 11.7. The first kappa shape index (κ1) is 28.8. The van der Waals surface area contributed by atoms with Gasteiger partial charge in [0.05, 0.1) is 11.6 Å². The number of nitriles is 1.